The third kappa shape index (κ3) is 6.59. The van der Waals surface area contributed by atoms with Gasteiger partial charge in [-0.3, -0.25) is 4.79 Å². The summed E-state index contributed by atoms with van der Waals surface area (Å²) in [5, 5.41) is 2.92. The summed E-state index contributed by atoms with van der Waals surface area (Å²) >= 11 is 0. The van der Waals surface area contributed by atoms with E-state index < -0.39 is 10.0 Å². The van der Waals surface area contributed by atoms with Crippen LogP contribution in [-0.2, 0) is 10.0 Å². The van der Waals surface area contributed by atoms with Crippen LogP contribution >= 0.6 is 0 Å². The Bertz CT molecular complexity index is 708. The van der Waals surface area contributed by atoms with E-state index in [0.29, 0.717) is 12.1 Å². The maximum absolute atomic E-state index is 12.2. The molecule has 1 saturated carbocycles. The van der Waals surface area contributed by atoms with Crippen LogP contribution in [0.5, 0.6) is 0 Å². The van der Waals surface area contributed by atoms with Gasteiger partial charge >= 0.3 is 0 Å². The highest BCUT2D eigenvalue weighted by Gasteiger charge is 2.27. The van der Waals surface area contributed by atoms with Crippen molar-refractivity contribution in [3.63, 3.8) is 0 Å². The summed E-state index contributed by atoms with van der Waals surface area (Å²) in [6.45, 7) is 4.29. The topological polar surface area (TPSA) is 78.5 Å². The van der Waals surface area contributed by atoms with Gasteiger partial charge in [-0.25, -0.2) is 13.1 Å². The molecule has 6 nitrogen and oxygen atoms in total. The molecule has 1 amide bonds. The monoisotopic (exact) mass is 393 g/mol. The number of carbonyl (C=O) groups is 1. The molecular weight excluding hydrogens is 362 g/mol. The molecule has 1 aromatic carbocycles. The maximum atomic E-state index is 12.2. The van der Waals surface area contributed by atoms with Crippen molar-refractivity contribution in [1.29, 1.82) is 0 Å². The lowest BCUT2D eigenvalue weighted by Crippen LogP contribution is -2.30. The molecule has 1 aliphatic heterocycles. The molecule has 0 radical (unpaired) electrons. The number of hydrogen-bond donors (Lipinski definition) is 2. The van der Waals surface area contributed by atoms with Crippen LogP contribution in [0.4, 0.5) is 0 Å². The van der Waals surface area contributed by atoms with Crippen molar-refractivity contribution in [2.45, 2.75) is 62.3 Å². The molecule has 7 heteroatoms. The highest BCUT2D eigenvalue weighted by molar-refractivity contribution is 7.89. The van der Waals surface area contributed by atoms with Gasteiger partial charge < -0.3 is 10.2 Å². The largest absolute Gasteiger partial charge is 0.352 e. The minimum absolute atomic E-state index is 0.0767. The highest BCUT2D eigenvalue weighted by Crippen LogP contribution is 2.22. The second-order valence-corrected chi connectivity index (χ2v) is 9.35. The lowest BCUT2D eigenvalue weighted by Gasteiger charge is -2.26. The highest BCUT2D eigenvalue weighted by atomic mass is 32.2. The summed E-state index contributed by atoms with van der Waals surface area (Å²) in [4.78, 5) is 14.9. The quantitative estimate of drug-likeness (QED) is 0.599. The Morgan fingerprint density at radius 3 is 2.37 bits per heavy atom. The van der Waals surface area contributed by atoms with Crippen LogP contribution in [-0.4, -0.2) is 51.4 Å². The first-order valence-electron chi connectivity index (χ1n) is 10.2. The molecular formula is C20H31N3O3S. The first-order chi connectivity index (χ1) is 13.0. The van der Waals surface area contributed by atoms with E-state index in [1.54, 1.807) is 12.1 Å². The van der Waals surface area contributed by atoms with E-state index in [4.69, 9.17) is 0 Å². The van der Waals surface area contributed by atoms with Gasteiger partial charge in [-0.2, -0.15) is 0 Å². The summed E-state index contributed by atoms with van der Waals surface area (Å²) in [6, 6.07) is 6.23. The van der Waals surface area contributed by atoms with Crippen LogP contribution in [0.3, 0.4) is 0 Å². The zero-order valence-electron chi connectivity index (χ0n) is 16.0. The SMILES string of the molecule is O=C(NCCCCCN1CCCCC1)c1ccc(S(=O)(=O)NC2CC2)cc1. The van der Waals surface area contributed by atoms with E-state index in [9.17, 15) is 13.2 Å². The molecule has 0 bridgehead atoms. The van der Waals surface area contributed by atoms with E-state index in [2.05, 4.69) is 14.9 Å². The number of likely N-dealkylation sites (tertiary alicyclic amines) is 1. The summed E-state index contributed by atoms with van der Waals surface area (Å²) in [7, 11) is -3.46. The molecule has 0 atom stereocenters. The second kappa shape index (κ2) is 9.66. The number of rotatable bonds is 10. The van der Waals surface area contributed by atoms with Crippen LogP contribution < -0.4 is 10.0 Å². The Morgan fingerprint density at radius 1 is 1.00 bits per heavy atom. The number of carbonyl (C=O) groups excluding carboxylic acids is 1. The van der Waals surface area contributed by atoms with E-state index in [1.807, 2.05) is 0 Å². The van der Waals surface area contributed by atoms with E-state index in [-0.39, 0.29) is 16.8 Å². The fraction of sp³-hybridized carbons (Fsp3) is 0.650. The number of unbranched alkanes of at least 4 members (excludes halogenated alkanes) is 2. The number of amides is 1. The third-order valence-corrected chi connectivity index (χ3v) is 6.75. The lowest BCUT2D eigenvalue weighted by atomic mass is 10.1. The average molecular weight is 394 g/mol. The number of sulfonamides is 1. The van der Waals surface area contributed by atoms with Gasteiger partial charge in [-0.15, -0.1) is 0 Å². The smallest absolute Gasteiger partial charge is 0.251 e. The molecule has 150 valence electrons. The van der Waals surface area contributed by atoms with Crippen LogP contribution in [0.15, 0.2) is 29.2 Å². The van der Waals surface area contributed by atoms with Gasteiger partial charge in [0.1, 0.15) is 0 Å². The Hall–Kier alpha value is -1.44. The number of nitrogens with zero attached hydrogens (tertiary/aromatic N) is 1. The molecule has 0 spiro atoms. The first kappa shape index (κ1) is 20.3. The van der Waals surface area contributed by atoms with Crippen LogP contribution in [0.1, 0.15) is 61.7 Å². The van der Waals surface area contributed by atoms with E-state index in [0.717, 1.165) is 25.7 Å². The summed E-state index contributed by atoms with van der Waals surface area (Å²) in [5.41, 5.74) is 0.494. The molecule has 1 heterocycles. The zero-order chi connectivity index (χ0) is 19.1. The van der Waals surface area contributed by atoms with Crippen molar-refractivity contribution in [2.24, 2.45) is 0 Å². The van der Waals surface area contributed by atoms with Gasteiger partial charge in [-0.1, -0.05) is 12.8 Å². The molecule has 2 N–H and O–H groups in total. The fourth-order valence-electron chi connectivity index (χ4n) is 3.40. The minimum Gasteiger partial charge on any atom is -0.352 e. The molecule has 2 fully saturated rings. The van der Waals surface area contributed by atoms with Crippen LogP contribution in [0, 0.1) is 0 Å². The molecule has 3 rings (SSSR count). The summed E-state index contributed by atoms with van der Waals surface area (Å²) in [5.74, 6) is -0.148. The second-order valence-electron chi connectivity index (χ2n) is 7.64. The zero-order valence-corrected chi connectivity index (χ0v) is 16.8. The Balaban J connectivity index is 1.34. The number of piperidine rings is 1. The Labute approximate surface area is 162 Å². The van der Waals surface area contributed by atoms with Crippen molar-refractivity contribution < 1.29 is 13.2 Å². The van der Waals surface area contributed by atoms with Crippen LogP contribution in [0.2, 0.25) is 0 Å². The predicted octanol–water partition coefficient (Wildman–Crippen LogP) is 2.51. The fourth-order valence-corrected chi connectivity index (χ4v) is 4.70. The number of nitrogens with one attached hydrogen (secondary N) is 2. The predicted molar refractivity (Wildman–Crippen MR) is 106 cm³/mol. The molecule has 27 heavy (non-hydrogen) atoms. The first-order valence-corrected chi connectivity index (χ1v) is 11.7. The van der Waals surface area contributed by atoms with Gasteiger partial charge in [0.2, 0.25) is 10.0 Å². The summed E-state index contributed by atoms with van der Waals surface area (Å²) in [6.07, 6.45) is 9.08. The third-order valence-electron chi connectivity index (χ3n) is 5.21. The van der Waals surface area contributed by atoms with Gasteiger partial charge in [0.05, 0.1) is 4.90 Å². The summed E-state index contributed by atoms with van der Waals surface area (Å²) < 4.78 is 26.9. The lowest BCUT2D eigenvalue weighted by molar-refractivity contribution is 0.0952. The van der Waals surface area contributed by atoms with Gasteiger partial charge in [0.25, 0.3) is 5.91 Å². The standard InChI is InChI=1S/C20H31N3O3S/c24-20(21-13-3-1-4-14-23-15-5-2-6-16-23)17-7-11-19(12-8-17)27(25,26)22-18-9-10-18/h7-8,11-12,18,22H,1-6,9-10,13-16H2,(H,21,24). The van der Waals surface area contributed by atoms with E-state index in [1.165, 1.54) is 57.5 Å². The normalized spacial score (nSPS) is 18.4. The number of benzene rings is 1. The molecule has 2 aliphatic rings. The molecule has 0 aromatic heterocycles. The molecule has 1 aliphatic carbocycles. The average Bonchev–Trinajstić information content (AvgIpc) is 3.48. The van der Waals surface area contributed by atoms with Gasteiger partial charge in [-0.05, 0) is 82.4 Å². The van der Waals surface area contributed by atoms with E-state index >= 15 is 0 Å². The van der Waals surface area contributed by atoms with Crippen molar-refractivity contribution in [2.75, 3.05) is 26.2 Å². The number of hydrogen-bond acceptors (Lipinski definition) is 4. The van der Waals surface area contributed by atoms with Gasteiger partial charge in [0.15, 0.2) is 0 Å². The molecule has 0 unspecified atom stereocenters. The molecule has 1 saturated heterocycles. The maximum Gasteiger partial charge on any atom is 0.251 e. The van der Waals surface area contributed by atoms with Crippen molar-refractivity contribution in [3.8, 4) is 0 Å². The van der Waals surface area contributed by atoms with Crippen molar-refractivity contribution in [1.82, 2.24) is 14.9 Å². The Kier molecular flexibility index (Phi) is 7.26. The molecule has 1 aromatic rings. The van der Waals surface area contributed by atoms with Crippen molar-refractivity contribution in [3.05, 3.63) is 29.8 Å². The minimum atomic E-state index is -3.46. The van der Waals surface area contributed by atoms with Crippen molar-refractivity contribution >= 4 is 15.9 Å². The Morgan fingerprint density at radius 2 is 1.70 bits per heavy atom. The van der Waals surface area contributed by atoms with Gasteiger partial charge in [0, 0.05) is 18.2 Å². The van der Waals surface area contributed by atoms with Crippen LogP contribution in [0.25, 0.3) is 0 Å².